The summed E-state index contributed by atoms with van der Waals surface area (Å²) in [5.41, 5.74) is -0.535. The van der Waals surface area contributed by atoms with Crippen LogP contribution in [0.2, 0.25) is 0 Å². The van der Waals surface area contributed by atoms with Crippen molar-refractivity contribution in [2.75, 3.05) is 4.72 Å². The van der Waals surface area contributed by atoms with Crippen molar-refractivity contribution >= 4 is 31.6 Å². The summed E-state index contributed by atoms with van der Waals surface area (Å²) in [4.78, 5) is -0.437. The molecule has 0 saturated heterocycles. The first-order valence-electron chi connectivity index (χ1n) is 6.01. The molecule has 0 unspecified atom stereocenters. The van der Waals surface area contributed by atoms with Gasteiger partial charge in [0.25, 0.3) is 10.0 Å². The Balaban J connectivity index is 2.28. The van der Waals surface area contributed by atoms with E-state index in [1.165, 1.54) is 0 Å². The quantitative estimate of drug-likeness (QED) is 0.728. The standard InChI is InChI=1S/C13H7BrF5NO3S/c14-10-5-7(15)6-11(16)12(10)20-24(21,22)9-3-1-8(2-4-9)23-13(17,18)19/h1-6,20H. The Hall–Kier alpha value is -1.88. The Kier molecular flexibility index (Phi) is 5.04. The second kappa shape index (κ2) is 6.55. The Morgan fingerprint density at radius 2 is 1.62 bits per heavy atom. The number of alkyl halides is 3. The van der Waals surface area contributed by atoms with Gasteiger partial charge in [-0.3, -0.25) is 4.72 Å². The average Bonchev–Trinajstić information content (AvgIpc) is 2.41. The highest BCUT2D eigenvalue weighted by molar-refractivity contribution is 9.10. The van der Waals surface area contributed by atoms with Crippen molar-refractivity contribution in [3.63, 3.8) is 0 Å². The van der Waals surface area contributed by atoms with Crippen LogP contribution in [0.4, 0.5) is 27.6 Å². The predicted molar refractivity (Wildman–Crippen MR) is 78.0 cm³/mol. The third-order valence-corrected chi connectivity index (χ3v) is 4.60. The van der Waals surface area contributed by atoms with Gasteiger partial charge >= 0.3 is 6.36 Å². The highest BCUT2D eigenvalue weighted by atomic mass is 79.9. The lowest BCUT2D eigenvalue weighted by molar-refractivity contribution is -0.274. The topological polar surface area (TPSA) is 55.4 Å². The minimum Gasteiger partial charge on any atom is -0.406 e. The number of halogens is 6. The second-order valence-corrected chi connectivity index (χ2v) is 6.91. The predicted octanol–water partition coefficient (Wildman–Crippen LogP) is 4.43. The number of sulfonamides is 1. The summed E-state index contributed by atoms with van der Waals surface area (Å²) in [6, 6.07) is 4.60. The molecule has 0 radical (unpaired) electrons. The zero-order chi connectivity index (χ0) is 18.1. The van der Waals surface area contributed by atoms with Crippen molar-refractivity contribution in [3.05, 3.63) is 52.5 Å². The Morgan fingerprint density at radius 3 is 2.12 bits per heavy atom. The normalized spacial score (nSPS) is 12.1. The van der Waals surface area contributed by atoms with Crippen molar-refractivity contribution in [1.82, 2.24) is 0 Å². The molecule has 2 rings (SSSR count). The molecule has 130 valence electrons. The molecule has 0 atom stereocenters. The third-order valence-electron chi connectivity index (χ3n) is 2.61. The maximum atomic E-state index is 13.7. The van der Waals surface area contributed by atoms with Gasteiger partial charge in [-0.1, -0.05) is 0 Å². The molecule has 1 N–H and O–H groups in total. The van der Waals surface area contributed by atoms with Crippen LogP contribution in [0.25, 0.3) is 0 Å². The van der Waals surface area contributed by atoms with Gasteiger partial charge in [0.05, 0.1) is 10.6 Å². The van der Waals surface area contributed by atoms with E-state index in [1.54, 1.807) is 0 Å². The molecule has 24 heavy (non-hydrogen) atoms. The van der Waals surface area contributed by atoms with Crippen LogP contribution in [0, 0.1) is 11.6 Å². The van der Waals surface area contributed by atoms with Gasteiger partial charge in [0.1, 0.15) is 11.6 Å². The van der Waals surface area contributed by atoms with Crippen molar-refractivity contribution in [2.24, 2.45) is 0 Å². The van der Waals surface area contributed by atoms with E-state index in [0.717, 1.165) is 30.3 Å². The zero-order valence-corrected chi connectivity index (χ0v) is 13.8. The molecule has 2 aromatic carbocycles. The van der Waals surface area contributed by atoms with E-state index >= 15 is 0 Å². The smallest absolute Gasteiger partial charge is 0.406 e. The highest BCUT2D eigenvalue weighted by Gasteiger charge is 2.31. The van der Waals surface area contributed by atoms with Crippen molar-refractivity contribution in [2.45, 2.75) is 11.3 Å². The van der Waals surface area contributed by atoms with Gasteiger partial charge in [-0.25, -0.2) is 17.2 Å². The fourth-order valence-corrected chi connectivity index (χ4v) is 3.38. The van der Waals surface area contributed by atoms with E-state index in [-0.39, 0.29) is 4.47 Å². The van der Waals surface area contributed by atoms with Crippen molar-refractivity contribution in [1.29, 1.82) is 0 Å². The number of hydrogen-bond donors (Lipinski definition) is 1. The third kappa shape index (κ3) is 4.57. The summed E-state index contributed by atoms with van der Waals surface area (Å²) in [5, 5.41) is 0. The lowest BCUT2D eigenvalue weighted by Crippen LogP contribution is -2.17. The molecule has 0 fully saturated rings. The molecule has 0 bridgehead atoms. The molecule has 11 heteroatoms. The minimum absolute atomic E-state index is 0.180. The molecule has 0 saturated carbocycles. The molecule has 2 aromatic rings. The molecule has 0 heterocycles. The lowest BCUT2D eigenvalue weighted by Gasteiger charge is -2.12. The first-order chi connectivity index (χ1) is 11.0. The van der Waals surface area contributed by atoms with E-state index < -0.39 is 44.4 Å². The van der Waals surface area contributed by atoms with Crippen molar-refractivity contribution in [3.8, 4) is 5.75 Å². The number of benzene rings is 2. The van der Waals surface area contributed by atoms with Gasteiger partial charge in [-0.2, -0.15) is 0 Å². The van der Waals surface area contributed by atoms with E-state index in [4.69, 9.17) is 0 Å². The molecule has 0 amide bonds. The zero-order valence-electron chi connectivity index (χ0n) is 11.4. The lowest BCUT2D eigenvalue weighted by atomic mass is 10.3. The Bertz CT molecular complexity index is 830. The molecular formula is C13H7BrF5NO3S. The number of rotatable bonds is 4. The monoisotopic (exact) mass is 431 g/mol. The van der Waals surface area contributed by atoms with Gasteiger partial charge in [-0.05, 0) is 46.3 Å². The van der Waals surface area contributed by atoms with Crippen LogP contribution >= 0.6 is 15.9 Å². The number of ether oxygens (including phenoxy) is 1. The van der Waals surface area contributed by atoms with Crippen LogP contribution < -0.4 is 9.46 Å². The maximum absolute atomic E-state index is 13.7. The molecule has 0 aliphatic carbocycles. The van der Waals surface area contributed by atoms with Crippen LogP contribution in [0.15, 0.2) is 45.8 Å². The highest BCUT2D eigenvalue weighted by Crippen LogP contribution is 2.30. The summed E-state index contributed by atoms with van der Waals surface area (Å²) >= 11 is 2.82. The fourth-order valence-electron chi connectivity index (χ4n) is 1.65. The summed E-state index contributed by atoms with van der Waals surface area (Å²) in [6.07, 6.45) is -4.92. The molecule has 0 aliphatic heterocycles. The van der Waals surface area contributed by atoms with E-state index in [0.29, 0.717) is 6.07 Å². The van der Waals surface area contributed by atoms with Crippen molar-refractivity contribution < 1.29 is 35.1 Å². The van der Waals surface area contributed by atoms with Gasteiger partial charge < -0.3 is 4.74 Å². The number of hydrogen-bond acceptors (Lipinski definition) is 3. The number of nitrogens with one attached hydrogen (secondary N) is 1. The van der Waals surface area contributed by atoms with Gasteiger partial charge in [-0.15, -0.1) is 13.2 Å². The second-order valence-electron chi connectivity index (χ2n) is 4.37. The van der Waals surface area contributed by atoms with Gasteiger partial charge in [0.15, 0.2) is 5.82 Å². The Morgan fingerprint density at radius 1 is 1.04 bits per heavy atom. The maximum Gasteiger partial charge on any atom is 0.573 e. The first-order valence-corrected chi connectivity index (χ1v) is 8.29. The Labute approximate surface area is 141 Å². The fraction of sp³-hybridized carbons (Fsp3) is 0.0769. The first kappa shape index (κ1) is 18.5. The van der Waals surface area contributed by atoms with E-state index in [1.807, 2.05) is 4.72 Å². The van der Waals surface area contributed by atoms with Crippen LogP contribution in [-0.2, 0) is 10.0 Å². The molecule has 4 nitrogen and oxygen atoms in total. The molecule has 0 aromatic heterocycles. The average molecular weight is 432 g/mol. The van der Waals surface area contributed by atoms with E-state index in [9.17, 15) is 30.4 Å². The summed E-state index contributed by atoms with van der Waals surface area (Å²) in [6.45, 7) is 0. The largest absolute Gasteiger partial charge is 0.573 e. The summed E-state index contributed by atoms with van der Waals surface area (Å²) < 4.78 is 92.4. The SMILES string of the molecule is O=S(=O)(Nc1c(F)cc(F)cc1Br)c1ccc(OC(F)(F)F)cc1. The van der Waals surface area contributed by atoms with Crippen LogP contribution in [0.1, 0.15) is 0 Å². The number of anilines is 1. The van der Waals surface area contributed by atoms with Crippen LogP contribution in [0.3, 0.4) is 0 Å². The van der Waals surface area contributed by atoms with Crippen LogP contribution in [-0.4, -0.2) is 14.8 Å². The molecule has 0 aliphatic rings. The molecule has 0 spiro atoms. The summed E-state index contributed by atoms with van der Waals surface area (Å²) in [5.74, 6) is -2.70. The van der Waals surface area contributed by atoms with E-state index in [2.05, 4.69) is 20.7 Å². The van der Waals surface area contributed by atoms with Gasteiger partial charge in [0.2, 0.25) is 0 Å². The molecular weight excluding hydrogens is 425 g/mol. The summed E-state index contributed by atoms with van der Waals surface area (Å²) in [7, 11) is -4.31. The van der Waals surface area contributed by atoms with Crippen LogP contribution in [0.5, 0.6) is 5.75 Å². The minimum atomic E-state index is -4.92. The van der Waals surface area contributed by atoms with Gasteiger partial charge in [0, 0.05) is 10.5 Å².